The summed E-state index contributed by atoms with van der Waals surface area (Å²) in [5.41, 5.74) is -0.474. The summed E-state index contributed by atoms with van der Waals surface area (Å²) in [6.45, 7) is 6.73. The van der Waals surface area contributed by atoms with E-state index in [-0.39, 0.29) is 17.8 Å². The van der Waals surface area contributed by atoms with E-state index in [0.717, 1.165) is 0 Å². The molecule has 1 aliphatic rings. The Balaban J connectivity index is 2.44. The van der Waals surface area contributed by atoms with E-state index in [9.17, 15) is 9.59 Å². The molecule has 0 N–H and O–H groups in total. The van der Waals surface area contributed by atoms with Gasteiger partial charge in [-0.1, -0.05) is 0 Å². The van der Waals surface area contributed by atoms with Gasteiger partial charge in [0.15, 0.2) is 5.78 Å². The molecule has 1 aliphatic heterocycles. The Bertz CT molecular complexity index is 375. The molecule has 114 valence electrons. The number of ketones is 1. The van der Waals surface area contributed by atoms with Gasteiger partial charge in [-0.2, -0.15) is 0 Å². The molecule has 5 nitrogen and oxygen atoms in total. The normalized spacial score (nSPS) is 17.4. The maximum Gasteiger partial charge on any atom is 0.410 e. The van der Waals surface area contributed by atoms with Gasteiger partial charge < -0.3 is 14.5 Å². The molecule has 1 rings (SSSR count). The van der Waals surface area contributed by atoms with Crippen molar-refractivity contribution >= 4 is 11.9 Å². The molecule has 1 heterocycles. The first-order valence-electron chi connectivity index (χ1n) is 7.05. The highest BCUT2D eigenvalue weighted by Crippen LogP contribution is 2.20. The maximum atomic E-state index is 12.0. The maximum absolute atomic E-state index is 12.0. The Morgan fingerprint density at radius 2 is 1.75 bits per heavy atom. The zero-order valence-electron chi connectivity index (χ0n) is 13.2. The Kier molecular flexibility index (Phi) is 5.60. The monoisotopic (exact) mass is 282 g/mol. The number of piperidine rings is 1. The van der Waals surface area contributed by atoms with E-state index in [4.69, 9.17) is 4.74 Å². The van der Waals surface area contributed by atoms with Gasteiger partial charge in [0.25, 0.3) is 0 Å². The van der Waals surface area contributed by atoms with Gasteiger partial charge in [-0.05, 0) is 39.7 Å². The lowest BCUT2D eigenvalue weighted by Gasteiger charge is -2.32. The number of amides is 1. The second-order valence-electron chi connectivity index (χ2n) is 6.42. The molecule has 0 bridgehead atoms. The lowest BCUT2D eigenvalue weighted by molar-refractivity contribution is -0.119. The summed E-state index contributed by atoms with van der Waals surface area (Å²) in [4.78, 5) is 27.4. The van der Waals surface area contributed by atoms with Gasteiger partial charge in [0.05, 0.1) is 0 Å². The van der Waals surface area contributed by atoms with Crippen LogP contribution in [0.25, 0.3) is 0 Å². The van der Waals surface area contributed by atoms with Crippen molar-refractivity contribution in [1.29, 1.82) is 0 Å². The summed E-state index contributed by atoms with van der Waals surface area (Å²) in [6.07, 6.45) is 4.51. The van der Waals surface area contributed by atoms with E-state index in [2.05, 4.69) is 0 Å². The van der Waals surface area contributed by atoms with E-state index in [1.54, 1.807) is 17.2 Å². The SMILES string of the molecule is CN(C)/C=C/C(=O)C1CCN(C(=O)OC(C)(C)C)CC1. The van der Waals surface area contributed by atoms with E-state index >= 15 is 0 Å². The summed E-state index contributed by atoms with van der Waals surface area (Å²) in [7, 11) is 3.77. The zero-order valence-corrected chi connectivity index (χ0v) is 13.2. The minimum absolute atomic E-state index is 0.0184. The molecule has 1 amide bonds. The largest absolute Gasteiger partial charge is 0.444 e. The standard InChI is InChI=1S/C15H26N2O3/c1-15(2,3)20-14(19)17-10-6-12(7-11-17)13(18)8-9-16(4)5/h8-9,12H,6-7,10-11H2,1-5H3/b9-8+. The molecule has 0 spiro atoms. The number of rotatable bonds is 3. The number of carbonyl (C=O) groups excluding carboxylic acids is 2. The predicted molar refractivity (Wildman–Crippen MR) is 78.4 cm³/mol. The highest BCUT2D eigenvalue weighted by Gasteiger charge is 2.28. The molecule has 20 heavy (non-hydrogen) atoms. The van der Waals surface area contributed by atoms with Crippen molar-refractivity contribution in [3.63, 3.8) is 0 Å². The van der Waals surface area contributed by atoms with Crippen LogP contribution in [-0.4, -0.2) is 54.5 Å². The van der Waals surface area contributed by atoms with Gasteiger partial charge in [0.2, 0.25) is 0 Å². The van der Waals surface area contributed by atoms with Crippen LogP contribution in [-0.2, 0) is 9.53 Å². The highest BCUT2D eigenvalue weighted by molar-refractivity contribution is 5.91. The third-order valence-electron chi connectivity index (χ3n) is 3.09. The number of likely N-dealkylation sites (tertiary alicyclic amines) is 1. The first kappa shape index (κ1) is 16.5. The molecular weight excluding hydrogens is 256 g/mol. The van der Waals surface area contributed by atoms with Gasteiger partial charge >= 0.3 is 6.09 Å². The third kappa shape index (κ3) is 5.63. The molecule has 0 aromatic carbocycles. The quantitative estimate of drug-likeness (QED) is 0.745. The molecule has 0 aliphatic carbocycles. The van der Waals surface area contributed by atoms with Gasteiger partial charge in [-0.3, -0.25) is 4.79 Å². The molecule has 0 unspecified atom stereocenters. The average molecular weight is 282 g/mol. The molecule has 1 saturated heterocycles. The van der Waals surface area contributed by atoms with Gasteiger partial charge in [0.1, 0.15) is 5.60 Å². The smallest absolute Gasteiger partial charge is 0.410 e. The van der Waals surface area contributed by atoms with Crippen molar-refractivity contribution in [2.75, 3.05) is 27.2 Å². The highest BCUT2D eigenvalue weighted by atomic mass is 16.6. The number of allylic oxidation sites excluding steroid dienone is 1. The van der Waals surface area contributed by atoms with Crippen LogP contribution in [0.15, 0.2) is 12.3 Å². The second kappa shape index (κ2) is 6.77. The Morgan fingerprint density at radius 1 is 1.20 bits per heavy atom. The predicted octanol–water partition coefficient (Wildman–Crippen LogP) is 2.28. The molecule has 1 fully saturated rings. The lowest BCUT2D eigenvalue weighted by Crippen LogP contribution is -2.42. The summed E-state index contributed by atoms with van der Waals surface area (Å²) in [5, 5.41) is 0. The van der Waals surface area contributed by atoms with Gasteiger partial charge in [0, 0.05) is 39.3 Å². The number of hydrogen-bond acceptors (Lipinski definition) is 4. The fraction of sp³-hybridized carbons (Fsp3) is 0.733. The fourth-order valence-electron chi connectivity index (χ4n) is 2.03. The summed E-state index contributed by atoms with van der Waals surface area (Å²) in [5.74, 6) is 0.160. The van der Waals surface area contributed by atoms with E-state index < -0.39 is 5.60 Å². The van der Waals surface area contributed by atoms with Crippen molar-refractivity contribution in [3.8, 4) is 0 Å². The number of ether oxygens (including phenoxy) is 1. The molecule has 0 aromatic heterocycles. The van der Waals surface area contributed by atoms with Crippen molar-refractivity contribution in [1.82, 2.24) is 9.80 Å². The lowest BCUT2D eigenvalue weighted by atomic mass is 9.92. The molecule has 0 aromatic rings. The summed E-state index contributed by atoms with van der Waals surface area (Å²) in [6, 6.07) is 0. The molecule has 5 heteroatoms. The molecule has 0 radical (unpaired) electrons. The third-order valence-corrected chi connectivity index (χ3v) is 3.09. The topological polar surface area (TPSA) is 49.9 Å². The van der Waals surface area contributed by atoms with Crippen LogP contribution in [0.1, 0.15) is 33.6 Å². The fourth-order valence-corrected chi connectivity index (χ4v) is 2.03. The van der Waals surface area contributed by atoms with Crippen LogP contribution >= 0.6 is 0 Å². The van der Waals surface area contributed by atoms with Crippen LogP contribution in [0.3, 0.4) is 0 Å². The van der Waals surface area contributed by atoms with Crippen molar-refractivity contribution in [2.24, 2.45) is 5.92 Å². The first-order valence-corrected chi connectivity index (χ1v) is 7.05. The Hall–Kier alpha value is -1.52. The van der Waals surface area contributed by atoms with Crippen molar-refractivity contribution < 1.29 is 14.3 Å². The summed E-state index contributed by atoms with van der Waals surface area (Å²) < 4.78 is 5.33. The van der Waals surface area contributed by atoms with Crippen LogP contribution in [0, 0.1) is 5.92 Å². The second-order valence-corrected chi connectivity index (χ2v) is 6.42. The number of hydrogen-bond donors (Lipinski definition) is 0. The van der Waals surface area contributed by atoms with Crippen LogP contribution in [0.4, 0.5) is 4.79 Å². The van der Waals surface area contributed by atoms with Gasteiger partial charge in [-0.15, -0.1) is 0 Å². The van der Waals surface area contributed by atoms with Crippen molar-refractivity contribution in [2.45, 2.75) is 39.2 Å². The number of carbonyl (C=O) groups is 2. The van der Waals surface area contributed by atoms with Crippen LogP contribution in [0.2, 0.25) is 0 Å². The van der Waals surface area contributed by atoms with Crippen LogP contribution in [0.5, 0.6) is 0 Å². The Morgan fingerprint density at radius 3 is 2.20 bits per heavy atom. The minimum atomic E-state index is -0.474. The molecule has 0 saturated carbocycles. The molecule has 0 atom stereocenters. The van der Waals surface area contributed by atoms with Crippen LogP contribution < -0.4 is 0 Å². The Labute approximate surface area is 121 Å². The zero-order chi connectivity index (χ0) is 15.3. The summed E-state index contributed by atoms with van der Waals surface area (Å²) >= 11 is 0. The number of nitrogens with zero attached hydrogens (tertiary/aromatic N) is 2. The van der Waals surface area contributed by atoms with E-state index in [0.29, 0.717) is 25.9 Å². The minimum Gasteiger partial charge on any atom is -0.444 e. The van der Waals surface area contributed by atoms with Gasteiger partial charge in [-0.25, -0.2) is 4.79 Å². The van der Waals surface area contributed by atoms with E-state index in [1.807, 2.05) is 39.8 Å². The van der Waals surface area contributed by atoms with E-state index in [1.165, 1.54) is 0 Å². The first-order chi connectivity index (χ1) is 9.19. The molecular formula is C15H26N2O3. The average Bonchev–Trinajstić information content (AvgIpc) is 2.34. The van der Waals surface area contributed by atoms with Crippen molar-refractivity contribution in [3.05, 3.63) is 12.3 Å².